The summed E-state index contributed by atoms with van der Waals surface area (Å²) in [4.78, 5) is 0. The average Bonchev–Trinajstić information content (AvgIpc) is 2.27. The van der Waals surface area contributed by atoms with Crippen LogP contribution in [0.1, 0.15) is 49.4 Å². The summed E-state index contributed by atoms with van der Waals surface area (Å²) < 4.78 is 0. The third-order valence-corrected chi connectivity index (χ3v) is 3.48. The van der Waals surface area contributed by atoms with E-state index in [-0.39, 0.29) is 0 Å². The zero-order valence-electron chi connectivity index (χ0n) is 10.0. The van der Waals surface area contributed by atoms with E-state index in [1.54, 1.807) is 5.56 Å². The summed E-state index contributed by atoms with van der Waals surface area (Å²) in [7, 11) is 0. The fourth-order valence-electron chi connectivity index (χ4n) is 2.52. The molecule has 1 aromatic rings. The van der Waals surface area contributed by atoms with E-state index in [1.807, 2.05) is 0 Å². The van der Waals surface area contributed by atoms with Crippen molar-refractivity contribution in [1.29, 1.82) is 0 Å². The van der Waals surface area contributed by atoms with Crippen LogP contribution in [0.15, 0.2) is 18.2 Å². The Labute approximate surface area is 92.9 Å². The van der Waals surface area contributed by atoms with Gasteiger partial charge in [-0.25, -0.2) is 0 Å². The Morgan fingerprint density at radius 3 is 2.73 bits per heavy atom. The summed E-state index contributed by atoms with van der Waals surface area (Å²) in [6.07, 6.45) is 3.61. The first-order valence-electron chi connectivity index (χ1n) is 6.10. The van der Waals surface area contributed by atoms with Crippen LogP contribution in [0.4, 0.5) is 0 Å². The fraction of sp³-hybridized carbons (Fsp3) is 0.571. The van der Waals surface area contributed by atoms with Crippen LogP contribution in [0, 0.1) is 6.92 Å². The highest BCUT2D eigenvalue weighted by Gasteiger charge is 2.23. The topological polar surface area (TPSA) is 12.0 Å². The van der Waals surface area contributed by atoms with Crippen molar-refractivity contribution in [2.24, 2.45) is 0 Å². The average molecular weight is 203 g/mol. The summed E-state index contributed by atoms with van der Waals surface area (Å²) in [5.41, 5.74) is 4.46. The second kappa shape index (κ2) is 4.36. The van der Waals surface area contributed by atoms with Gasteiger partial charge in [0.2, 0.25) is 0 Å². The van der Waals surface area contributed by atoms with Crippen LogP contribution in [0.3, 0.4) is 0 Å². The number of nitrogens with one attached hydrogen (secondary N) is 1. The molecule has 1 aliphatic rings. The van der Waals surface area contributed by atoms with E-state index in [0.29, 0.717) is 12.1 Å². The molecule has 1 aromatic carbocycles. The van der Waals surface area contributed by atoms with Crippen LogP contribution in [-0.4, -0.2) is 6.04 Å². The van der Waals surface area contributed by atoms with Crippen LogP contribution in [0.25, 0.3) is 0 Å². The standard InChI is InChI=1S/C14H21N/c1-4-12-9-11-7-6-10(3)8-13(11)14(5-2)15-12/h6-8,12,14-15H,4-5,9H2,1-3H3. The molecule has 0 aromatic heterocycles. The monoisotopic (exact) mass is 203 g/mol. The number of hydrogen-bond acceptors (Lipinski definition) is 1. The molecule has 1 heteroatoms. The zero-order chi connectivity index (χ0) is 10.8. The molecular formula is C14H21N. The van der Waals surface area contributed by atoms with Gasteiger partial charge in [-0.2, -0.15) is 0 Å². The molecule has 1 N–H and O–H groups in total. The zero-order valence-corrected chi connectivity index (χ0v) is 10.0. The molecule has 0 aliphatic carbocycles. The number of benzene rings is 1. The highest BCUT2D eigenvalue weighted by Crippen LogP contribution is 2.29. The molecule has 1 heterocycles. The summed E-state index contributed by atoms with van der Waals surface area (Å²) in [5.74, 6) is 0. The van der Waals surface area contributed by atoms with Crippen LogP contribution in [-0.2, 0) is 6.42 Å². The van der Waals surface area contributed by atoms with Gasteiger partial charge in [-0.3, -0.25) is 0 Å². The van der Waals surface area contributed by atoms with Gasteiger partial charge in [-0.15, -0.1) is 0 Å². The van der Waals surface area contributed by atoms with Gasteiger partial charge < -0.3 is 5.32 Å². The van der Waals surface area contributed by atoms with E-state index < -0.39 is 0 Å². The minimum atomic E-state index is 0.568. The molecule has 0 saturated carbocycles. The highest BCUT2D eigenvalue weighted by atomic mass is 15.0. The predicted octanol–water partition coefficient (Wildman–Crippen LogP) is 3.37. The summed E-state index contributed by atoms with van der Waals surface area (Å²) in [6.45, 7) is 6.71. The van der Waals surface area contributed by atoms with Crippen LogP contribution in [0.2, 0.25) is 0 Å². The van der Waals surface area contributed by atoms with Crippen molar-refractivity contribution >= 4 is 0 Å². The Morgan fingerprint density at radius 2 is 2.07 bits per heavy atom. The first-order chi connectivity index (χ1) is 7.24. The van der Waals surface area contributed by atoms with Crippen molar-refractivity contribution in [1.82, 2.24) is 5.32 Å². The van der Waals surface area contributed by atoms with Crippen LogP contribution >= 0.6 is 0 Å². The Balaban J connectivity index is 2.35. The molecule has 0 saturated heterocycles. The van der Waals surface area contributed by atoms with E-state index in [2.05, 4.69) is 44.3 Å². The lowest BCUT2D eigenvalue weighted by Gasteiger charge is -2.32. The lowest BCUT2D eigenvalue weighted by Crippen LogP contribution is -2.38. The summed E-state index contributed by atoms with van der Waals surface area (Å²) in [6, 6.07) is 8.15. The quantitative estimate of drug-likeness (QED) is 0.777. The van der Waals surface area contributed by atoms with Gasteiger partial charge in [0.1, 0.15) is 0 Å². The van der Waals surface area contributed by atoms with Gasteiger partial charge in [-0.1, -0.05) is 37.6 Å². The van der Waals surface area contributed by atoms with Crippen LogP contribution < -0.4 is 5.32 Å². The maximum Gasteiger partial charge on any atom is 0.0322 e. The molecule has 0 bridgehead atoms. The SMILES string of the molecule is CCC1Cc2ccc(C)cc2C(CC)N1. The van der Waals surface area contributed by atoms with Crippen molar-refractivity contribution in [3.05, 3.63) is 34.9 Å². The first-order valence-corrected chi connectivity index (χ1v) is 6.10. The number of fused-ring (bicyclic) bond motifs is 1. The van der Waals surface area contributed by atoms with Gasteiger partial charge in [0.15, 0.2) is 0 Å². The van der Waals surface area contributed by atoms with Gasteiger partial charge >= 0.3 is 0 Å². The predicted molar refractivity (Wildman–Crippen MR) is 65.1 cm³/mol. The molecule has 2 unspecified atom stereocenters. The lowest BCUT2D eigenvalue weighted by molar-refractivity contribution is 0.386. The first kappa shape index (κ1) is 10.7. The normalized spacial score (nSPS) is 25.0. The minimum absolute atomic E-state index is 0.568. The van der Waals surface area contributed by atoms with Crippen molar-refractivity contribution in [3.8, 4) is 0 Å². The Morgan fingerprint density at radius 1 is 1.27 bits per heavy atom. The maximum atomic E-state index is 3.74. The number of rotatable bonds is 2. The van der Waals surface area contributed by atoms with Gasteiger partial charge in [0.25, 0.3) is 0 Å². The van der Waals surface area contributed by atoms with Crippen molar-refractivity contribution < 1.29 is 0 Å². The molecule has 2 atom stereocenters. The second-order valence-electron chi connectivity index (χ2n) is 4.64. The van der Waals surface area contributed by atoms with Crippen molar-refractivity contribution in [2.45, 2.75) is 52.1 Å². The molecule has 0 spiro atoms. The molecule has 0 amide bonds. The van der Waals surface area contributed by atoms with E-state index in [1.165, 1.54) is 30.4 Å². The summed E-state index contributed by atoms with van der Waals surface area (Å²) >= 11 is 0. The molecular weight excluding hydrogens is 182 g/mol. The molecule has 82 valence electrons. The molecule has 1 aliphatic heterocycles. The molecule has 2 rings (SSSR count). The maximum absolute atomic E-state index is 3.74. The number of hydrogen-bond donors (Lipinski definition) is 1. The Bertz CT molecular complexity index is 343. The Hall–Kier alpha value is -0.820. The largest absolute Gasteiger partial charge is 0.307 e. The van der Waals surface area contributed by atoms with Gasteiger partial charge in [0.05, 0.1) is 0 Å². The second-order valence-corrected chi connectivity index (χ2v) is 4.64. The third-order valence-electron chi connectivity index (χ3n) is 3.48. The summed E-state index contributed by atoms with van der Waals surface area (Å²) in [5, 5.41) is 3.74. The highest BCUT2D eigenvalue weighted by molar-refractivity contribution is 5.36. The smallest absolute Gasteiger partial charge is 0.0322 e. The fourth-order valence-corrected chi connectivity index (χ4v) is 2.52. The van der Waals surface area contributed by atoms with E-state index in [0.717, 1.165) is 0 Å². The molecule has 0 radical (unpaired) electrons. The molecule has 15 heavy (non-hydrogen) atoms. The van der Waals surface area contributed by atoms with E-state index >= 15 is 0 Å². The van der Waals surface area contributed by atoms with E-state index in [9.17, 15) is 0 Å². The lowest BCUT2D eigenvalue weighted by atomic mass is 9.87. The van der Waals surface area contributed by atoms with Gasteiger partial charge in [0, 0.05) is 12.1 Å². The van der Waals surface area contributed by atoms with E-state index in [4.69, 9.17) is 0 Å². The molecule has 0 fully saturated rings. The van der Waals surface area contributed by atoms with Crippen molar-refractivity contribution in [2.75, 3.05) is 0 Å². The minimum Gasteiger partial charge on any atom is -0.307 e. The Kier molecular flexibility index (Phi) is 3.11. The van der Waals surface area contributed by atoms with Crippen LogP contribution in [0.5, 0.6) is 0 Å². The van der Waals surface area contributed by atoms with Gasteiger partial charge in [-0.05, 0) is 37.3 Å². The molecule has 1 nitrogen and oxygen atoms in total. The van der Waals surface area contributed by atoms with Crippen molar-refractivity contribution in [3.63, 3.8) is 0 Å². The third kappa shape index (κ3) is 2.07. The number of aryl methyl sites for hydroxylation is 1.